The molecule has 0 radical (unpaired) electrons. The molecule has 3 rings (SSSR count). The molecule has 0 aliphatic heterocycles. The Labute approximate surface area is 165 Å². The van der Waals surface area contributed by atoms with Crippen molar-refractivity contribution in [2.75, 3.05) is 5.32 Å². The van der Waals surface area contributed by atoms with Crippen molar-refractivity contribution in [3.05, 3.63) is 70.5 Å². The van der Waals surface area contributed by atoms with Crippen molar-refractivity contribution in [3.63, 3.8) is 0 Å². The Bertz CT molecular complexity index is 974. The number of alkyl halides is 3. The average molecular weight is 456 g/mol. The van der Waals surface area contributed by atoms with E-state index in [-0.39, 0.29) is 10.2 Å². The Morgan fingerprint density at radius 2 is 1.74 bits per heavy atom. The molecule has 1 aromatic heterocycles. The minimum absolute atomic E-state index is 0.207. The SMILES string of the molecule is Cn1nc(C(F)(F)F)c(Br)c1C(=O)Nc1ccccc1Sc1ccccc1. The van der Waals surface area contributed by atoms with Crippen LogP contribution in [0.15, 0.2) is 68.9 Å². The predicted molar refractivity (Wildman–Crippen MR) is 101 cm³/mol. The molecule has 0 fully saturated rings. The molecule has 0 unspecified atom stereocenters. The van der Waals surface area contributed by atoms with Crippen molar-refractivity contribution >= 4 is 39.3 Å². The number of rotatable bonds is 4. The number of aromatic nitrogens is 2. The Morgan fingerprint density at radius 3 is 2.37 bits per heavy atom. The molecule has 0 atom stereocenters. The van der Waals surface area contributed by atoms with E-state index in [0.717, 1.165) is 14.5 Å². The Balaban J connectivity index is 1.89. The smallest absolute Gasteiger partial charge is 0.320 e. The number of amides is 1. The normalized spacial score (nSPS) is 11.4. The predicted octanol–water partition coefficient (Wildman–Crippen LogP) is 5.60. The maximum absolute atomic E-state index is 13.0. The van der Waals surface area contributed by atoms with E-state index in [4.69, 9.17) is 0 Å². The molecule has 0 aliphatic carbocycles. The highest BCUT2D eigenvalue weighted by atomic mass is 79.9. The first-order valence-electron chi connectivity index (χ1n) is 7.70. The second kappa shape index (κ2) is 7.77. The van der Waals surface area contributed by atoms with Crippen molar-refractivity contribution in [2.45, 2.75) is 16.0 Å². The summed E-state index contributed by atoms with van der Waals surface area (Å²) in [7, 11) is 1.29. The summed E-state index contributed by atoms with van der Waals surface area (Å²) in [5.41, 5.74) is -0.845. The van der Waals surface area contributed by atoms with Gasteiger partial charge in [0.2, 0.25) is 0 Å². The number of carbonyl (C=O) groups is 1. The van der Waals surface area contributed by atoms with E-state index in [1.807, 2.05) is 42.5 Å². The van der Waals surface area contributed by atoms with Gasteiger partial charge >= 0.3 is 6.18 Å². The third-order valence-corrected chi connectivity index (χ3v) is 5.41. The quantitative estimate of drug-likeness (QED) is 0.556. The fourth-order valence-corrected chi connectivity index (χ4v) is 4.05. The zero-order valence-corrected chi connectivity index (χ0v) is 16.3. The highest BCUT2D eigenvalue weighted by Gasteiger charge is 2.39. The third kappa shape index (κ3) is 4.36. The summed E-state index contributed by atoms with van der Waals surface area (Å²) < 4.78 is 39.5. The van der Waals surface area contributed by atoms with E-state index < -0.39 is 17.8 Å². The first-order chi connectivity index (χ1) is 12.8. The van der Waals surface area contributed by atoms with Gasteiger partial charge in [0.1, 0.15) is 5.69 Å². The van der Waals surface area contributed by atoms with Crippen LogP contribution in [0.1, 0.15) is 16.2 Å². The van der Waals surface area contributed by atoms with Crippen LogP contribution in [-0.4, -0.2) is 15.7 Å². The molecular formula is C18H13BrF3N3OS. The van der Waals surface area contributed by atoms with E-state index in [2.05, 4.69) is 26.3 Å². The van der Waals surface area contributed by atoms with Crippen LogP contribution in [0.4, 0.5) is 18.9 Å². The molecule has 0 saturated heterocycles. The van der Waals surface area contributed by atoms with Crippen LogP contribution in [0.2, 0.25) is 0 Å². The van der Waals surface area contributed by atoms with Gasteiger partial charge in [0.05, 0.1) is 10.2 Å². The molecular weight excluding hydrogens is 443 g/mol. The second-order valence-electron chi connectivity index (χ2n) is 5.50. The van der Waals surface area contributed by atoms with Gasteiger partial charge in [-0.2, -0.15) is 18.3 Å². The van der Waals surface area contributed by atoms with E-state index in [0.29, 0.717) is 5.69 Å². The Hall–Kier alpha value is -2.26. The largest absolute Gasteiger partial charge is 0.436 e. The minimum Gasteiger partial charge on any atom is -0.320 e. The molecule has 27 heavy (non-hydrogen) atoms. The summed E-state index contributed by atoms with van der Waals surface area (Å²) in [6.45, 7) is 0. The molecule has 1 N–H and O–H groups in total. The number of aryl methyl sites for hydroxylation is 1. The Morgan fingerprint density at radius 1 is 1.11 bits per heavy atom. The van der Waals surface area contributed by atoms with E-state index in [1.165, 1.54) is 18.8 Å². The van der Waals surface area contributed by atoms with Crippen LogP contribution in [0.5, 0.6) is 0 Å². The van der Waals surface area contributed by atoms with Crippen LogP contribution in [0, 0.1) is 0 Å². The molecule has 2 aromatic carbocycles. The molecule has 0 spiro atoms. The van der Waals surface area contributed by atoms with Gasteiger partial charge in [-0.15, -0.1) is 0 Å². The van der Waals surface area contributed by atoms with Crippen LogP contribution in [0.3, 0.4) is 0 Å². The first kappa shape index (κ1) is 19.5. The summed E-state index contributed by atoms with van der Waals surface area (Å²) in [6, 6.07) is 16.6. The number of anilines is 1. The van der Waals surface area contributed by atoms with Crippen molar-refractivity contribution < 1.29 is 18.0 Å². The summed E-state index contributed by atoms with van der Waals surface area (Å²) >= 11 is 4.30. The number of carbonyl (C=O) groups excluding carboxylic acids is 1. The van der Waals surface area contributed by atoms with Crippen LogP contribution in [-0.2, 0) is 13.2 Å². The number of hydrogen-bond donors (Lipinski definition) is 1. The summed E-state index contributed by atoms with van der Waals surface area (Å²) in [4.78, 5) is 14.4. The van der Waals surface area contributed by atoms with E-state index >= 15 is 0 Å². The number of halogens is 4. The average Bonchev–Trinajstić information content (AvgIpc) is 2.92. The molecule has 3 aromatic rings. The molecule has 140 valence electrons. The lowest BCUT2D eigenvalue weighted by atomic mass is 10.3. The molecule has 1 heterocycles. The van der Waals surface area contributed by atoms with Crippen molar-refractivity contribution in [1.82, 2.24) is 9.78 Å². The number of para-hydroxylation sites is 1. The lowest BCUT2D eigenvalue weighted by molar-refractivity contribution is -0.142. The van der Waals surface area contributed by atoms with E-state index in [9.17, 15) is 18.0 Å². The van der Waals surface area contributed by atoms with Gasteiger partial charge in [-0.25, -0.2) is 0 Å². The summed E-state index contributed by atoms with van der Waals surface area (Å²) in [6.07, 6.45) is -4.66. The first-order valence-corrected chi connectivity index (χ1v) is 9.31. The van der Waals surface area contributed by atoms with Gasteiger partial charge in [0, 0.05) is 16.8 Å². The van der Waals surface area contributed by atoms with E-state index in [1.54, 1.807) is 12.1 Å². The Kier molecular flexibility index (Phi) is 5.61. The van der Waals surface area contributed by atoms with Gasteiger partial charge in [-0.05, 0) is 40.2 Å². The maximum Gasteiger partial charge on any atom is 0.436 e. The molecule has 9 heteroatoms. The topological polar surface area (TPSA) is 46.9 Å². The lowest BCUT2D eigenvalue weighted by Gasteiger charge is -2.11. The molecule has 4 nitrogen and oxygen atoms in total. The van der Waals surface area contributed by atoms with Gasteiger partial charge in [0.25, 0.3) is 5.91 Å². The highest BCUT2D eigenvalue weighted by molar-refractivity contribution is 9.10. The van der Waals surface area contributed by atoms with Crippen molar-refractivity contribution in [1.29, 1.82) is 0 Å². The fourth-order valence-electron chi connectivity index (χ4n) is 2.38. The number of nitrogens with one attached hydrogen (secondary N) is 1. The summed E-state index contributed by atoms with van der Waals surface area (Å²) in [5, 5.41) is 6.09. The van der Waals surface area contributed by atoms with Gasteiger partial charge in [0.15, 0.2) is 5.69 Å². The summed E-state index contributed by atoms with van der Waals surface area (Å²) in [5.74, 6) is -0.687. The van der Waals surface area contributed by atoms with Gasteiger partial charge in [-0.1, -0.05) is 42.1 Å². The van der Waals surface area contributed by atoms with Crippen molar-refractivity contribution in [2.24, 2.45) is 7.05 Å². The lowest BCUT2D eigenvalue weighted by Crippen LogP contribution is -2.17. The van der Waals surface area contributed by atoms with Gasteiger partial charge in [-0.3, -0.25) is 9.48 Å². The van der Waals surface area contributed by atoms with Crippen LogP contribution >= 0.6 is 27.7 Å². The maximum atomic E-state index is 13.0. The fraction of sp³-hybridized carbons (Fsp3) is 0.111. The monoisotopic (exact) mass is 455 g/mol. The minimum atomic E-state index is -4.66. The molecule has 0 bridgehead atoms. The highest BCUT2D eigenvalue weighted by Crippen LogP contribution is 2.37. The number of benzene rings is 2. The molecule has 0 aliphatic rings. The van der Waals surface area contributed by atoms with Gasteiger partial charge < -0.3 is 5.32 Å². The second-order valence-corrected chi connectivity index (χ2v) is 7.41. The van der Waals surface area contributed by atoms with Crippen molar-refractivity contribution in [3.8, 4) is 0 Å². The zero-order valence-electron chi connectivity index (χ0n) is 13.9. The number of hydrogen-bond acceptors (Lipinski definition) is 3. The standard InChI is InChI=1S/C18H13BrF3N3OS/c1-25-15(14(19)16(24-25)18(20,21)22)17(26)23-12-9-5-6-10-13(12)27-11-7-3-2-4-8-11/h2-10H,1H3,(H,23,26). The molecule has 0 saturated carbocycles. The zero-order chi connectivity index (χ0) is 19.6. The van der Waals surface area contributed by atoms with Crippen LogP contribution < -0.4 is 5.32 Å². The number of nitrogens with zero attached hydrogens (tertiary/aromatic N) is 2. The molecule has 1 amide bonds. The van der Waals surface area contributed by atoms with Crippen LogP contribution in [0.25, 0.3) is 0 Å². The third-order valence-electron chi connectivity index (χ3n) is 3.58.